The van der Waals surface area contributed by atoms with Crippen molar-refractivity contribution >= 4 is 0 Å². The summed E-state index contributed by atoms with van der Waals surface area (Å²) in [5.41, 5.74) is 0.703. The van der Waals surface area contributed by atoms with Crippen molar-refractivity contribution < 1.29 is 13.2 Å². The molecule has 0 aromatic heterocycles. The minimum Gasteiger partial charge on any atom is -0.317 e. The Morgan fingerprint density at radius 1 is 1.11 bits per heavy atom. The Morgan fingerprint density at radius 2 is 1.74 bits per heavy atom. The van der Waals surface area contributed by atoms with Crippen molar-refractivity contribution in [1.82, 2.24) is 10.2 Å². The highest BCUT2D eigenvalue weighted by Gasteiger charge is 2.38. The Kier molecular flexibility index (Phi) is 4.82. The molecule has 1 saturated heterocycles. The predicted molar refractivity (Wildman–Crippen MR) is 68.5 cm³/mol. The zero-order valence-corrected chi connectivity index (χ0v) is 10.8. The zero-order valence-electron chi connectivity index (χ0n) is 10.8. The molecule has 0 radical (unpaired) electrons. The molecule has 1 N–H and O–H groups in total. The van der Waals surface area contributed by atoms with Gasteiger partial charge in [0.2, 0.25) is 0 Å². The summed E-state index contributed by atoms with van der Waals surface area (Å²) >= 11 is 0. The van der Waals surface area contributed by atoms with E-state index in [1.54, 1.807) is 24.3 Å². The molecule has 1 aromatic rings. The van der Waals surface area contributed by atoms with Crippen LogP contribution in [-0.2, 0) is 6.54 Å². The molecule has 0 saturated carbocycles. The number of hydrogen-bond donors (Lipinski definition) is 1. The van der Waals surface area contributed by atoms with Crippen molar-refractivity contribution in [2.24, 2.45) is 5.92 Å². The molecule has 1 fully saturated rings. The van der Waals surface area contributed by atoms with E-state index in [1.165, 1.54) is 0 Å². The Hall–Kier alpha value is -1.07. The topological polar surface area (TPSA) is 15.3 Å². The first-order valence-corrected chi connectivity index (χ1v) is 6.62. The first-order valence-electron chi connectivity index (χ1n) is 6.62. The van der Waals surface area contributed by atoms with Crippen LogP contribution >= 0.6 is 0 Å². The van der Waals surface area contributed by atoms with Gasteiger partial charge >= 0.3 is 6.30 Å². The van der Waals surface area contributed by atoms with E-state index in [4.69, 9.17) is 0 Å². The maximum absolute atomic E-state index is 13.1. The fourth-order valence-electron chi connectivity index (χ4n) is 2.44. The van der Waals surface area contributed by atoms with E-state index in [1.807, 2.05) is 6.07 Å². The number of hydrogen-bond acceptors (Lipinski definition) is 2. The summed E-state index contributed by atoms with van der Waals surface area (Å²) in [6, 6.07) is 8.83. The van der Waals surface area contributed by atoms with Gasteiger partial charge in [0.05, 0.1) is 0 Å². The lowest BCUT2D eigenvalue weighted by Gasteiger charge is -2.31. The third-order valence-electron chi connectivity index (χ3n) is 3.51. The fraction of sp³-hybridized carbons (Fsp3) is 0.571. The Balaban J connectivity index is 1.99. The molecular formula is C14H19F3N2. The smallest absolute Gasteiger partial charge is 0.317 e. The minimum atomic E-state index is -4.26. The minimum absolute atomic E-state index is 0.0612. The number of benzene rings is 1. The fourth-order valence-corrected chi connectivity index (χ4v) is 2.44. The first kappa shape index (κ1) is 14.3. The molecule has 0 aliphatic carbocycles. The maximum Gasteiger partial charge on any atom is 0.460 e. The summed E-state index contributed by atoms with van der Waals surface area (Å²) < 4.78 is 39.2. The highest BCUT2D eigenvalue weighted by molar-refractivity contribution is 5.14. The van der Waals surface area contributed by atoms with Crippen molar-refractivity contribution in [2.75, 3.05) is 19.6 Å². The molecule has 0 amide bonds. The molecular weight excluding hydrogens is 253 g/mol. The maximum atomic E-state index is 13.1. The molecule has 5 heteroatoms. The lowest BCUT2D eigenvalue weighted by atomic mass is 9.97. The molecule has 1 heterocycles. The number of piperidine rings is 1. The van der Waals surface area contributed by atoms with E-state index in [0.717, 1.165) is 25.9 Å². The largest absolute Gasteiger partial charge is 0.460 e. The summed E-state index contributed by atoms with van der Waals surface area (Å²) in [5.74, 6) is 0.131. The molecule has 2 nitrogen and oxygen atoms in total. The average molecular weight is 272 g/mol. The van der Waals surface area contributed by atoms with Crippen molar-refractivity contribution in [3.8, 4) is 0 Å². The molecule has 19 heavy (non-hydrogen) atoms. The molecule has 0 unspecified atom stereocenters. The molecule has 1 aromatic carbocycles. The van der Waals surface area contributed by atoms with Crippen molar-refractivity contribution in [2.45, 2.75) is 25.7 Å². The highest BCUT2D eigenvalue weighted by atomic mass is 19.4. The van der Waals surface area contributed by atoms with Crippen LogP contribution in [0.1, 0.15) is 18.4 Å². The first-order chi connectivity index (χ1) is 9.05. The SMILES string of the molecule is FC(F)(F)N(Cc1ccccc1)CC1CCNCC1. The summed E-state index contributed by atoms with van der Waals surface area (Å²) in [6.07, 6.45) is -2.62. The van der Waals surface area contributed by atoms with Gasteiger partial charge in [-0.2, -0.15) is 13.2 Å². The normalized spacial score (nSPS) is 17.9. The van der Waals surface area contributed by atoms with E-state index in [-0.39, 0.29) is 19.0 Å². The average Bonchev–Trinajstić information content (AvgIpc) is 2.39. The second-order valence-corrected chi connectivity index (χ2v) is 5.03. The molecule has 1 aliphatic heterocycles. The summed E-state index contributed by atoms with van der Waals surface area (Å²) in [5, 5.41) is 3.18. The van der Waals surface area contributed by atoms with Crippen LogP contribution in [0.3, 0.4) is 0 Å². The van der Waals surface area contributed by atoms with Crippen molar-refractivity contribution in [1.29, 1.82) is 0 Å². The number of nitrogens with one attached hydrogen (secondary N) is 1. The van der Waals surface area contributed by atoms with Crippen LogP contribution in [-0.4, -0.2) is 30.8 Å². The van der Waals surface area contributed by atoms with E-state index in [9.17, 15) is 13.2 Å². The van der Waals surface area contributed by atoms with Gasteiger partial charge in [-0.05, 0) is 37.4 Å². The van der Waals surface area contributed by atoms with Gasteiger partial charge in [0.1, 0.15) is 0 Å². The lowest BCUT2D eigenvalue weighted by molar-refractivity contribution is -0.253. The molecule has 106 valence electrons. The van der Waals surface area contributed by atoms with Crippen LogP contribution in [0.15, 0.2) is 30.3 Å². The van der Waals surface area contributed by atoms with Gasteiger partial charge in [-0.15, -0.1) is 0 Å². The van der Waals surface area contributed by atoms with Gasteiger partial charge < -0.3 is 5.32 Å². The van der Waals surface area contributed by atoms with Crippen LogP contribution in [0.4, 0.5) is 13.2 Å². The summed E-state index contributed by atoms with van der Waals surface area (Å²) in [7, 11) is 0. The number of rotatable bonds is 4. The van der Waals surface area contributed by atoms with Crippen LogP contribution < -0.4 is 5.32 Å². The second kappa shape index (κ2) is 6.39. The van der Waals surface area contributed by atoms with Crippen molar-refractivity contribution in [3.05, 3.63) is 35.9 Å². The van der Waals surface area contributed by atoms with Crippen LogP contribution in [0, 0.1) is 5.92 Å². The van der Waals surface area contributed by atoms with Gasteiger partial charge in [0.15, 0.2) is 0 Å². The number of halogens is 3. The molecule has 0 atom stereocenters. The Bertz CT molecular complexity index is 372. The summed E-state index contributed by atoms with van der Waals surface area (Å²) in [6.45, 7) is 1.68. The van der Waals surface area contributed by atoms with E-state index in [2.05, 4.69) is 5.32 Å². The van der Waals surface area contributed by atoms with Crippen LogP contribution in [0.5, 0.6) is 0 Å². The van der Waals surface area contributed by atoms with Gasteiger partial charge in [-0.3, -0.25) is 0 Å². The number of nitrogens with zero attached hydrogens (tertiary/aromatic N) is 1. The second-order valence-electron chi connectivity index (χ2n) is 5.03. The quantitative estimate of drug-likeness (QED) is 0.848. The van der Waals surface area contributed by atoms with Gasteiger partial charge in [-0.1, -0.05) is 30.3 Å². The lowest BCUT2D eigenvalue weighted by Crippen LogP contribution is -2.43. The summed E-state index contributed by atoms with van der Waals surface area (Å²) in [4.78, 5) is 0.637. The monoisotopic (exact) mass is 272 g/mol. The molecule has 2 rings (SSSR count). The molecule has 1 aliphatic rings. The molecule has 0 spiro atoms. The highest BCUT2D eigenvalue weighted by Crippen LogP contribution is 2.26. The third kappa shape index (κ3) is 4.51. The van der Waals surface area contributed by atoms with Crippen LogP contribution in [0.2, 0.25) is 0 Å². The van der Waals surface area contributed by atoms with E-state index >= 15 is 0 Å². The van der Waals surface area contributed by atoms with Gasteiger partial charge in [0.25, 0.3) is 0 Å². The predicted octanol–water partition coefficient (Wildman–Crippen LogP) is 3.01. The Labute approximate surface area is 111 Å². The zero-order chi connectivity index (χ0) is 13.7. The van der Waals surface area contributed by atoms with Gasteiger partial charge in [0, 0.05) is 13.1 Å². The van der Waals surface area contributed by atoms with E-state index in [0.29, 0.717) is 10.5 Å². The van der Waals surface area contributed by atoms with E-state index < -0.39 is 6.30 Å². The van der Waals surface area contributed by atoms with Crippen molar-refractivity contribution in [3.63, 3.8) is 0 Å². The van der Waals surface area contributed by atoms with Crippen LogP contribution in [0.25, 0.3) is 0 Å². The van der Waals surface area contributed by atoms with Gasteiger partial charge in [-0.25, -0.2) is 4.90 Å². The molecule has 0 bridgehead atoms. The third-order valence-corrected chi connectivity index (χ3v) is 3.51. The standard InChI is InChI=1S/C14H19F3N2/c15-14(16,17)19(10-12-4-2-1-3-5-12)11-13-6-8-18-9-7-13/h1-5,13,18H,6-11H2. The Morgan fingerprint density at radius 3 is 2.32 bits per heavy atom. The number of alkyl halides is 3.